The molecule has 3 atom stereocenters. The maximum atomic E-state index is 13.2. The highest BCUT2D eigenvalue weighted by atomic mass is 35.5. The van der Waals surface area contributed by atoms with E-state index in [0.717, 1.165) is 30.4 Å². The normalized spacial score (nSPS) is 26.3. The number of halogens is 2. The summed E-state index contributed by atoms with van der Waals surface area (Å²) in [6, 6.07) is 4.82. The van der Waals surface area contributed by atoms with Crippen molar-refractivity contribution in [2.45, 2.75) is 39.5 Å². The fourth-order valence-electron chi connectivity index (χ4n) is 3.72. The van der Waals surface area contributed by atoms with Gasteiger partial charge in [0.15, 0.2) is 0 Å². The second-order valence-electron chi connectivity index (χ2n) is 6.83. The molecule has 3 unspecified atom stereocenters. The molecule has 3 heteroatoms. The molecule has 1 aromatic carbocycles. The van der Waals surface area contributed by atoms with Crippen LogP contribution in [-0.4, -0.2) is 13.6 Å². The second-order valence-corrected chi connectivity index (χ2v) is 7.24. The van der Waals surface area contributed by atoms with Crippen LogP contribution in [0.3, 0.4) is 0 Å². The maximum absolute atomic E-state index is 13.2. The van der Waals surface area contributed by atoms with Gasteiger partial charge in [0.25, 0.3) is 0 Å². The second kappa shape index (κ2) is 7.60. The minimum atomic E-state index is -0.251. The lowest BCUT2D eigenvalue weighted by molar-refractivity contribution is 0.146. The monoisotopic (exact) mass is 311 g/mol. The highest BCUT2D eigenvalue weighted by molar-refractivity contribution is 6.31. The molecular weight excluding hydrogens is 285 g/mol. The van der Waals surface area contributed by atoms with E-state index in [1.54, 1.807) is 0 Å². The SMILES string of the molecule is CNCC1CCC(C(C)C)CC1Cc1ccc(F)cc1Cl. The quantitative estimate of drug-likeness (QED) is 0.813. The van der Waals surface area contributed by atoms with E-state index in [0.29, 0.717) is 16.9 Å². The first-order valence-electron chi connectivity index (χ1n) is 8.09. The van der Waals surface area contributed by atoms with E-state index < -0.39 is 0 Å². The van der Waals surface area contributed by atoms with Gasteiger partial charge in [-0.15, -0.1) is 0 Å². The highest BCUT2D eigenvalue weighted by Gasteiger charge is 2.31. The third kappa shape index (κ3) is 4.43. The van der Waals surface area contributed by atoms with Crippen molar-refractivity contribution < 1.29 is 4.39 Å². The van der Waals surface area contributed by atoms with Crippen LogP contribution in [-0.2, 0) is 6.42 Å². The van der Waals surface area contributed by atoms with Gasteiger partial charge in [-0.3, -0.25) is 0 Å². The standard InChI is InChI=1S/C18H27ClFN/c1-12(2)13-4-5-15(11-21-3)16(8-13)9-14-6-7-17(20)10-18(14)19/h6-7,10,12-13,15-16,21H,4-5,8-9,11H2,1-3H3. The molecule has 1 aliphatic carbocycles. The summed E-state index contributed by atoms with van der Waals surface area (Å²) in [5.74, 6) is 2.64. The molecule has 0 spiro atoms. The lowest BCUT2D eigenvalue weighted by Gasteiger charge is -2.38. The number of hydrogen-bond acceptors (Lipinski definition) is 1. The van der Waals surface area contributed by atoms with Crippen LogP contribution in [0.5, 0.6) is 0 Å². The van der Waals surface area contributed by atoms with Gasteiger partial charge in [-0.1, -0.05) is 31.5 Å². The summed E-state index contributed by atoms with van der Waals surface area (Å²) in [6.07, 6.45) is 4.84. The summed E-state index contributed by atoms with van der Waals surface area (Å²) in [6.45, 7) is 5.71. The minimum Gasteiger partial charge on any atom is -0.319 e. The van der Waals surface area contributed by atoms with Crippen LogP contribution in [0.2, 0.25) is 5.02 Å². The van der Waals surface area contributed by atoms with Crippen molar-refractivity contribution in [3.8, 4) is 0 Å². The molecule has 0 aliphatic heterocycles. The molecule has 0 amide bonds. The molecule has 1 N–H and O–H groups in total. The van der Waals surface area contributed by atoms with E-state index in [-0.39, 0.29) is 5.82 Å². The summed E-state index contributed by atoms with van der Waals surface area (Å²) in [5, 5.41) is 3.90. The third-order valence-corrected chi connectivity index (χ3v) is 5.44. The van der Waals surface area contributed by atoms with Crippen LogP contribution >= 0.6 is 11.6 Å². The fraction of sp³-hybridized carbons (Fsp3) is 0.667. The molecule has 1 saturated carbocycles. The Labute approximate surface area is 133 Å². The smallest absolute Gasteiger partial charge is 0.124 e. The molecule has 2 rings (SSSR count). The van der Waals surface area contributed by atoms with Crippen LogP contribution in [0.1, 0.15) is 38.7 Å². The van der Waals surface area contributed by atoms with E-state index in [9.17, 15) is 4.39 Å². The molecule has 118 valence electrons. The van der Waals surface area contributed by atoms with Gasteiger partial charge in [0.2, 0.25) is 0 Å². The van der Waals surface area contributed by atoms with E-state index >= 15 is 0 Å². The summed E-state index contributed by atoms with van der Waals surface area (Å²) < 4.78 is 13.2. The number of rotatable bonds is 5. The third-order valence-electron chi connectivity index (χ3n) is 5.09. The lowest BCUT2D eigenvalue weighted by Crippen LogP contribution is -2.34. The van der Waals surface area contributed by atoms with Crippen molar-refractivity contribution in [2.75, 3.05) is 13.6 Å². The first kappa shape index (κ1) is 16.8. The Bertz CT molecular complexity index is 461. The maximum Gasteiger partial charge on any atom is 0.124 e. The zero-order valence-electron chi connectivity index (χ0n) is 13.3. The Kier molecular flexibility index (Phi) is 6.07. The molecule has 21 heavy (non-hydrogen) atoms. The molecule has 0 radical (unpaired) electrons. The van der Waals surface area contributed by atoms with Crippen molar-refractivity contribution in [3.05, 3.63) is 34.6 Å². The summed E-state index contributed by atoms with van der Waals surface area (Å²) in [5.41, 5.74) is 1.09. The van der Waals surface area contributed by atoms with Crippen molar-refractivity contribution in [2.24, 2.45) is 23.7 Å². The Balaban J connectivity index is 2.11. The minimum absolute atomic E-state index is 0.251. The lowest BCUT2D eigenvalue weighted by atomic mass is 9.68. The summed E-state index contributed by atoms with van der Waals surface area (Å²) in [4.78, 5) is 0. The van der Waals surface area contributed by atoms with Crippen molar-refractivity contribution in [3.63, 3.8) is 0 Å². The van der Waals surface area contributed by atoms with Crippen molar-refractivity contribution in [1.82, 2.24) is 5.32 Å². The van der Waals surface area contributed by atoms with E-state index in [1.165, 1.54) is 31.4 Å². The Morgan fingerprint density at radius 2 is 2.05 bits per heavy atom. The van der Waals surface area contributed by atoms with Gasteiger partial charge in [0.05, 0.1) is 0 Å². The molecule has 0 heterocycles. The van der Waals surface area contributed by atoms with Crippen LogP contribution < -0.4 is 5.32 Å². The Hall–Kier alpha value is -0.600. The van der Waals surface area contributed by atoms with Crippen LogP contribution in [0.4, 0.5) is 4.39 Å². The summed E-state index contributed by atoms with van der Waals surface area (Å²) in [7, 11) is 2.02. The van der Waals surface area contributed by atoms with Crippen molar-refractivity contribution >= 4 is 11.6 Å². The first-order chi connectivity index (χ1) is 10.0. The predicted molar refractivity (Wildman–Crippen MR) is 88.2 cm³/mol. The topological polar surface area (TPSA) is 12.0 Å². The first-order valence-corrected chi connectivity index (χ1v) is 8.47. The van der Waals surface area contributed by atoms with Crippen LogP contribution in [0.15, 0.2) is 18.2 Å². The Morgan fingerprint density at radius 1 is 1.29 bits per heavy atom. The van der Waals surface area contributed by atoms with Crippen molar-refractivity contribution in [1.29, 1.82) is 0 Å². The molecule has 1 nitrogen and oxygen atoms in total. The molecule has 1 aromatic rings. The van der Waals surface area contributed by atoms with Gasteiger partial charge in [-0.05, 0) is 80.6 Å². The van der Waals surface area contributed by atoms with Gasteiger partial charge >= 0.3 is 0 Å². The summed E-state index contributed by atoms with van der Waals surface area (Å²) >= 11 is 6.22. The van der Waals surface area contributed by atoms with E-state index in [1.807, 2.05) is 13.1 Å². The average molecular weight is 312 g/mol. The molecular formula is C18H27ClFN. The van der Waals surface area contributed by atoms with Gasteiger partial charge in [0.1, 0.15) is 5.82 Å². The number of nitrogens with one attached hydrogen (secondary N) is 1. The van der Waals surface area contributed by atoms with Gasteiger partial charge < -0.3 is 5.32 Å². The molecule has 1 aliphatic rings. The molecule has 1 fully saturated rings. The molecule has 0 bridgehead atoms. The zero-order chi connectivity index (χ0) is 15.4. The largest absolute Gasteiger partial charge is 0.319 e. The van der Waals surface area contributed by atoms with E-state index in [2.05, 4.69) is 19.2 Å². The molecule has 0 saturated heterocycles. The van der Waals surface area contributed by atoms with Crippen LogP contribution in [0.25, 0.3) is 0 Å². The highest BCUT2D eigenvalue weighted by Crippen LogP contribution is 2.39. The number of hydrogen-bond donors (Lipinski definition) is 1. The van der Waals surface area contributed by atoms with Crippen LogP contribution in [0, 0.1) is 29.5 Å². The van der Waals surface area contributed by atoms with E-state index in [4.69, 9.17) is 11.6 Å². The average Bonchev–Trinajstić information content (AvgIpc) is 2.43. The predicted octanol–water partition coefficient (Wildman–Crippen LogP) is 4.93. The zero-order valence-corrected chi connectivity index (χ0v) is 14.1. The fourth-order valence-corrected chi connectivity index (χ4v) is 3.96. The number of benzene rings is 1. The van der Waals surface area contributed by atoms with Gasteiger partial charge in [-0.2, -0.15) is 0 Å². The Morgan fingerprint density at radius 3 is 2.67 bits per heavy atom. The van der Waals surface area contributed by atoms with Gasteiger partial charge in [0, 0.05) is 5.02 Å². The van der Waals surface area contributed by atoms with Gasteiger partial charge in [-0.25, -0.2) is 4.39 Å². The molecule has 0 aromatic heterocycles.